The van der Waals surface area contributed by atoms with Gasteiger partial charge in [-0.3, -0.25) is 19.2 Å². The molecule has 1 aromatic carbocycles. The molecule has 0 radical (unpaired) electrons. The zero-order valence-electron chi connectivity index (χ0n) is 20.8. The van der Waals surface area contributed by atoms with Gasteiger partial charge in [0.2, 0.25) is 18.1 Å². The number of hydrogen-bond donors (Lipinski definition) is 2. The molecule has 2 N–H and O–H groups in total. The van der Waals surface area contributed by atoms with Crippen LogP contribution in [0.5, 0.6) is 0 Å². The van der Waals surface area contributed by atoms with Gasteiger partial charge in [0, 0.05) is 50.2 Å². The summed E-state index contributed by atoms with van der Waals surface area (Å²) in [5.41, 5.74) is 0.917. The Hall–Kier alpha value is -3.92. The third kappa shape index (κ3) is 5.75. The van der Waals surface area contributed by atoms with Crippen molar-refractivity contribution in [1.29, 1.82) is 0 Å². The number of rotatable bonds is 7. The number of anilines is 2. The summed E-state index contributed by atoms with van der Waals surface area (Å²) in [6.07, 6.45) is 4.81. The highest BCUT2D eigenvalue weighted by Crippen LogP contribution is 2.35. The van der Waals surface area contributed by atoms with E-state index in [1.54, 1.807) is 56.4 Å². The second kappa shape index (κ2) is 11.0. The Labute approximate surface area is 218 Å². The van der Waals surface area contributed by atoms with Gasteiger partial charge in [0.25, 0.3) is 11.8 Å². The van der Waals surface area contributed by atoms with Crippen molar-refractivity contribution in [3.8, 4) is 0 Å². The number of furan rings is 1. The highest BCUT2D eigenvalue weighted by atomic mass is 35.5. The number of pyridine rings is 1. The smallest absolute Gasteiger partial charge is 0.294 e. The molecule has 10 nitrogen and oxygen atoms in total. The van der Waals surface area contributed by atoms with Gasteiger partial charge in [-0.1, -0.05) is 11.6 Å². The number of halogens is 1. The summed E-state index contributed by atoms with van der Waals surface area (Å²) in [4.78, 5) is 57.3. The first-order chi connectivity index (χ1) is 17.7. The SMILES string of the molecule is CN(C)C(=O)c1ccc2oc(C(=O)Nc3ccc(Cl)cn3)c(NC(=O)[C@H]3CC[C@H](N(C)C=O)CC3)c2c1. The lowest BCUT2D eigenvalue weighted by Gasteiger charge is -2.32. The number of amides is 4. The van der Waals surface area contributed by atoms with Crippen molar-refractivity contribution >= 4 is 58.2 Å². The number of fused-ring (bicyclic) bond motifs is 1. The molecule has 0 bridgehead atoms. The van der Waals surface area contributed by atoms with Crippen LogP contribution >= 0.6 is 11.6 Å². The maximum Gasteiger partial charge on any atom is 0.294 e. The Bertz CT molecular complexity index is 1330. The fraction of sp³-hybridized carbons (Fsp3) is 0.346. The summed E-state index contributed by atoms with van der Waals surface area (Å²) in [6.45, 7) is 0. The first kappa shape index (κ1) is 26.2. The van der Waals surface area contributed by atoms with Gasteiger partial charge in [0.1, 0.15) is 17.1 Å². The zero-order chi connectivity index (χ0) is 26.7. The highest BCUT2D eigenvalue weighted by Gasteiger charge is 2.30. The molecule has 2 aromatic heterocycles. The number of hydrogen-bond acceptors (Lipinski definition) is 6. The van der Waals surface area contributed by atoms with E-state index in [4.69, 9.17) is 16.0 Å². The van der Waals surface area contributed by atoms with Gasteiger partial charge in [0.15, 0.2) is 0 Å². The molecule has 0 atom stereocenters. The van der Waals surface area contributed by atoms with Crippen LogP contribution in [0.4, 0.5) is 11.5 Å². The van der Waals surface area contributed by atoms with Gasteiger partial charge in [-0.25, -0.2) is 4.98 Å². The van der Waals surface area contributed by atoms with E-state index in [2.05, 4.69) is 15.6 Å². The lowest BCUT2D eigenvalue weighted by atomic mass is 9.85. The first-order valence-corrected chi connectivity index (χ1v) is 12.2. The van der Waals surface area contributed by atoms with Gasteiger partial charge in [-0.05, 0) is 56.0 Å². The fourth-order valence-corrected chi connectivity index (χ4v) is 4.56. The average molecular weight is 526 g/mol. The van der Waals surface area contributed by atoms with Crippen LogP contribution in [0, 0.1) is 5.92 Å². The van der Waals surface area contributed by atoms with Crippen molar-refractivity contribution in [3.63, 3.8) is 0 Å². The highest BCUT2D eigenvalue weighted by molar-refractivity contribution is 6.30. The van der Waals surface area contributed by atoms with E-state index in [1.807, 2.05) is 0 Å². The van der Waals surface area contributed by atoms with Crippen LogP contribution in [0.2, 0.25) is 5.02 Å². The van der Waals surface area contributed by atoms with Crippen LogP contribution in [-0.4, -0.2) is 66.1 Å². The molecular formula is C26H28ClN5O5. The van der Waals surface area contributed by atoms with Crippen LogP contribution < -0.4 is 10.6 Å². The molecule has 1 aliphatic rings. The Balaban J connectivity index is 1.65. The molecule has 1 aliphatic carbocycles. The van der Waals surface area contributed by atoms with E-state index in [0.29, 0.717) is 47.2 Å². The molecule has 4 rings (SSSR count). The number of carbonyl (C=O) groups is 4. The maximum absolute atomic E-state index is 13.3. The minimum absolute atomic E-state index is 0.101. The van der Waals surface area contributed by atoms with Crippen LogP contribution in [0.3, 0.4) is 0 Å². The molecule has 1 saturated carbocycles. The van der Waals surface area contributed by atoms with Crippen molar-refractivity contribution in [3.05, 3.63) is 52.9 Å². The van der Waals surface area contributed by atoms with E-state index in [1.165, 1.54) is 11.1 Å². The van der Waals surface area contributed by atoms with E-state index in [-0.39, 0.29) is 41.0 Å². The van der Waals surface area contributed by atoms with Crippen LogP contribution in [-0.2, 0) is 9.59 Å². The Morgan fingerprint density at radius 3 is 2.41 bits per heavy atom. The predicted molar refractivity (Wildman–Crippen MR) is 140 cm³/mol. The molecule has 194 valence electrons. The maximum atomic E-state index is 13.3. The zero-order valence-corrected chi connectivity index (χ0v) is 21.5. The molecule has 0 unspecified atom stereocenters. The fourth-order valence-electron chi connectivity index (χ4n) is 4.45. The third-order valence-corrected chi connectivity index (χ3v) is 6.80. The summed E-state index contributed by atoms with van der Waals surface area (Å²) in [7, 11) is 5.02. The Kier molecular flexibility index (Phi) is 7.77. The molecule has 0 saturated heterocycles. The second-order valence-corrected chi connectivity index (χ2v) is 9.73. The monoisotopic (exact) mass is 525 g/mol. The van der Waals surface area contributed by atoms with E-state index in [0.717, 1.165) is 6.41 Å². The molecule has 4 amide bonds. The van der Waals surface area contributed by atoms with E-state index in [9.17, 15) is 19.2 Å². The molecular weight excluding hydrogens is 498 g/mol. The number of benzene rings is 1. The molecule has 0 spiro atoms. The van der Waals surface area contributed by atoms with Crippen LogP contribution in [0.1, 0.15) is 46.6 Å². The summed E-state index contributed by atoms with van der Waals surface area (Å²) >= 11 is 5.88. The Morgan fingerprint density at radius 2 is 1.78 bits per heavy atom. The predicted octanol–water partition coefficient (Wildman–Crippen LogP) is 4.02. The molecule has 37 heavy (non-hydrogen) atoms. The number of nitrogens with one attached hydrogen (secondary N) is 2. The minimum Gasteiger partial charge on any atom is -0.449 e. The lowest BCUT2D eigenvalue weighted by Crippen LogP contribution is -2.37. The lowest BCUT2D eigenvalue weighted by molar-refractivity contribution is -0.122. The third-order valence-electron chi connectivity index (χ3n) is 6.57. The van der Waals surface area contributed by atoms with E-state index < -0.39 is 5.91 Å². The van der Waals surface area contributed by atoms with Crippen LogP contribution in [0.15, 0.2) is 40.9 Å². The summed E-state index contributed by atoms with van der Waals surface area (Å²) < 4.78 is 5.85. The van der Waals surface area contributed by atoms with Crippen molar-refractivity contribution < 1.29 is 23.6 Å². The summed E-state index contributed by atoms with van der Waals surface area (Å²) in [5, 5.41) is 6.40. The molecule has 11 heteroatoms. The van der Waals surface area contributed by atoms with Crippen molar-refractivity contribution in [1.82, 2.24) is 14.8 Å². The molecule has 1 fully saturated rings. The van der Waals surface area contributed by atoms with Gasteiger partial charge in [-0.15, -0.1) is 0 Å². The van der Waals surface area contributed by atoms with Gasteiger partial charge in [-0.2, -0.15) is 0 Å². The molecule has 2 heterocycles. The summed E-state index contributed by atoms with van der Waals surface area (Å²) in [6, 6.07) is 8.03. The quantitative estimate of drug-likeness (QED) is 0.449. The topological polar surface area (TPSA) is 125 Å². The number of nitrogens with zero attached hydrogens (tertiary/aromatic N) is 3. The molecule has 3 aromatic rings. The molecule has 0 aliphatic heterocycles. The van der Waals surface area contributed by atoms with Gasteiger partial charge in [0.05, 0.1) is 5.02 Å². The van der Waals surface area contributed by atoms with Crippen LogP contribution in [0.25, 0.3) is 11.0 Å². The average Bonchev–Trinajstić information content (AvgIpc) is 3.26. The summed E-state index contributed by atoms with van der Waals surface area (Å²) in [5.74, 6) is -1.23. The minimum atomic E-state index is -0.613. The standard InChI is InChI=1S/C26H28ClN5O5/c1-31(2)26(36)16-6-10-20-19(12-16)22(23(37-20)25(35)29-21-11-7-17(27)13-28-21)30-24(34)15-4-8-18(9-5-15)32(3)14-33/h6-7,10-15,18H,4-5,8-9H2,1-3H3,(H,30,34)(H,28,29,35)/t15-,18-. The Morgan fingerprint density at radius 1 is 1.05 bits per heavy atom. The van der Waals surface area contributed by atoms with Crippen molar-refractivity contribution in [2.45, 2.75) is 31.7 Å². The largest absolute Gasteiger partial charge is 0.449 e. The van der Waals surface area contributed by atoms with E-state index >= 15 is 0 Å². The van der Waals surface area contributed by atoms with Crippen molar-refractivity contribution in [2.75, 3.05) is 31.8 Å². The van der Waals surface area contributed by atoms with Gasteiger partial charge >= 0.3 is 0 Å². The normalized spacial score (nSPS) is 17.2. The van der Waals surface area contributed by atoms with Gasteiger partial charge < -0.3 is 24.9 Å². The number of aromatic nitrogens is 1. The number of carbonyl (C=O) groups excluding carboxylic acids is 4. The second-order valence-electron chi connectivity index (χ2n) is 9.30. The van der Waals surface area contributed by atoms with Crippen molar-refractivity contribution in [2.24, 2.45) is 5.92 Å². The first-order valence-electron chi connectivity index (χ1n) is 11.9.